The number of benzene rings is 1. The molecule has 3 rings (SSSR count). The smallest absolute Gasteiger partial charge is 0.124 e. The molecule has 1 aliphatic rings. The molecule has 5 heteroatoms. The summed E-state index contributed by atoms with van der Waals surface area (Å²) < 4.78 is 7.72. The molecule has 1 aromatic carbocycles. The van der Waals surface area contributed by atoms with E-state index >= 15 is 0 Å². The zero-order valence-electron chi connectivity index (χ0n) is 14.8. The molecule has 1 aliphatic heterocycles. The van der Waals surface area contributed by atoms with Crippen molar-refractivity contribution in [3.63, 3.8) is 0 Å². The van der Waals surface area contributed by atoms with E-state index in [1.165, 1.54) is 11.4 Å². The summed E-state index contributed by atoms with van der Waals surface area (Å²) in [4.78, 5) is 7.14. The fourth-order valence-electron chi connectivity index (χ4n) is 3.61. The van der Waals surface area contributed by atoms with E-state index < -0.39 is 0 Å². The van der Waals surface area contributed by atoms with Crippen LogP contribution in [0.4, 0.5) is 0 Å². The molecule has 0 aliphatic carbocycles. The van der Waals surface area contributed by atoms with Crippen LogP contribution in [0.15, 0.2) is 24.4 Å². The highest BCUT2D eigenvalue weighted by atomic mass is 16.5. The SMILES string of the molecule is CCOc1ccc(CN2CC[C@H](c3nc(C)cn3C)C2)cc1CO. The van der Waals surface area contributed by atoms with Gasteiger partial charge in [0.25, 0.3) is 0 Å². The highest BCUT2D eigenvalue weighted by Gasteiger charge is 2.27. The lowest BCUT2D eigenvalue weighted by molar-refractivity contribution is 0.266. The lowest BCUT2D eigenvalue weighted by atomic mass is 10.1. The molecule has 2 aromatic rings. The van der Waals surface area contributed by atoms with E-state index in [-0.39, 0.29) is 6.61 Å². The number of ether oxygens (including phenoxy) is 1. The molecule has 0 saturated carbocycles. The van der Waals surface area contributed by atoms with E-state index in [1.807, 2.05) is 19.9 Å². The molecule has 0 bridgehead atoms. The van der Waals surface area contributed by atoms with Crippen molar-refractivity contribution in [2.75, 3.05) is 19.7 Å². The van der Waals surface area contributed by atoms with Crippen LogP contribution in [0, 0.1) is 6.92 Å². The first-order valence-electron chi connectivity index (χ1n) is 8.68. The molecule has 0 unspecified atom stereocenters. The normalized spacial score (nSPS) is 18.2. The van der Waals surface area contributed by atoms with Crippen LogP contribution in [0.5, 0.6) is 5.75 Å². The second-order valence-corrected chi connectivity index (χ2v) is 6.61. The summed E-state index contributed by atoms with van der Waals surface area (Å²) in [7, 11) is 2.08. The van der Waals surface area contributed by atoms with Crippen molar-refractivity contribution in [1.29, 1.82) is 0 Å². The molecule has 5 nitrogen and oxygen atoms in total. The number of likely N-dealkylation sites (tertiary alicyclic amines) is 1. The molecular weight excluding hydrogens is 302 g/mol. The summed E-state index contributed by atoms with van der Waals surface area (Å²) in [5.74, 6) is 2.48. The molecule has 130 valence electrons. The van der Waals surface area contributed by atoms with Gasteiger partial charge in [-0.1, -0.05) is 6.07 Å². The lowest BCUT2D eigenvalue weighted by Crippen LogP contribution is -2.20. The predicted molar refractivity (Wildman–Crippen MR) is 94.1 cm³/mol. The van der Waals surface area contributed by atoms with E-state index in [2.05, 4.69) is 39.8 Å². The number of imidazole rings is 1. The first-order chi connectivity index (χ1) is 11.6. The Morgan fingerprint density at radius 1 is 1.38 bits per heavy atom. The Kier molecular flexibility index (Phi) is 5.21. The number of rotatable bonds is 6. The minimum Gasteiger partial charge on any atom is -0.494 e. The molecule has 1 N–H and O–H groups in total. The topological polar surface area (TPSA) is 50.5 Å². The number of aliphatic hydroxyl groups is 1. The van der Waals surface area contributed by atoms with Crippen LogP contribution in [-0.4, -0.2) is 39.3 Å². The van der Waals surface area contributed by atoms with E-state index in [0.717, 1.165) is 43.1 Å². The number of hydrogen-bond acceptors (Lipinski definition) is 4. The second kappa shape index (κ2) is 7.36. The van der Waals surface area contributed by atoms with Crippen molar-refractivity contribution in [1.82, 2.24) is 14.5 Å². The lowest BCUT2D eigenvalue weighted by Gasteiger charge is -2.17. The average Bonchev–Trinajstić information content (AvgIpc) is 3.15. The van der Waals surface area contributed by atoms with Gasteiger partial charge < -0.3 is 14.4 Å². The van der Waals surface area contributed by atoms with Crippen LogP contribution < -0.4 is 4.74 Å². The predicted octanol–water partition coefficient (Wildman–Crippen LogP) is 2.61. The quantitative estimate of drug-likeness (QED) is 0.885. The molecule has 2 heterocycles. The Morgan fingerprint density at radius 2 is 2.21 bits per heavy atom. The highest BCUT2D eigenvalue weighted by molar-refractivity contribution is 5.37. The number of nitrogens with zero attached hydrogens (tertiary/aromatic N) is 3. The van der Waals surface area contributed by atoms with Gasteiger partial charge in [-0.3, -0.25) is 4.90 Å². The van der Waals surface area contributed by atoms with Crippen molar-refractivity contribution in [3.05, 3.63) is 47.0 Å². The number of aromatic nitrogens is 2. The van der Waals surface area contributed by atoms with Gasteiger partial charge in [-0.25, -0.2) is 4.98 Å². The zero-order valence-corrected chi connectivity index (χ0v) is 14.8. The molecule has 0 spiro atoms. The van der Waals surface area contributed by atoms with Crippen molar-refractivity contribution in [2.45, 2.75) is 39.3 Å². The zero-order chi connectivity index (χ0) is 17.1. The average molecular weight is 329 g/mol. The van der Waals surface area contributed by atoms with Gasteiger partial charge in [0.05, 0.1) is 18.9 Å². The monoisotopic (exact) mass is 329 g/mol. The molecule has 0 radical (unpaired) electrons. The standard InChI is InChI=1S/C19H27N3O2/c1-4-24-18-6-5-15(9-17(18)13-23)11-22-8-7-16(12-22)19-20-14(2)10-21(19)3/h5-6,9-10,16,23H,4,7-8,11-13H2,1-3H3/t16-/m0/s1. The third kappa shape index (κ3) is 3.62. The van der Waals surface area contributed by atoms with E-state index in [0.29, 0.717) is 12.5 Å². The van der Waals surface area contributed by atoms with Gasteiger partial charge in [0, 0.05) is 37.8 Å². The molecular formula is C19H27N3O2. The van der Waals surface area contributed by atoms with Crippen LogP contribution in [0.25, 0.3) is 0 Å². The van der Waals surface area contributed by atoms with Gasteiger partial charge in [0.2, 0.25) is 0 Å². The Morgan fingerprint density at radius 3 is 2.88 bits per heavy atom. The first kappa shape index (κ1) is 17.0. The summed E-state index contributed by atoms with van der Waals surface area (Å²) in [6.45, 7) is 7.65. The third-order valence-electron chi connectivity index (χ3n) is 4.67. The Labute approximate surface area is 143 Å². The molecule has 1 aromatic heterocycles. The summed E-state index contributed by atoms with van der Waals surface area (Å²) >= 11 is 0. The maximum absolute atomic E-state index is 9.55. The molecule has 1 atom stereocenters. The van der Waals surface area contributed by atoms with Crippen LogP contribution in [0.3, 0.4) is 0 Å². The fourth-order valence-corrected chi connectivity index (χ4v) is 3.61. The van der Waals surface area contributed by atoms with Gasteiger partial charge in [-0.2, -0.15) is 0 Å². The number of hydrogen-bond donors (Lipinski definition) is 1. The van der Waals surface area contributed by atoms with Gasteiger partial charge in [0.1, 0.15) is 11.6 Å². The summed E-state index contributed by atoms with van der Waals surface area (Å²) in [6, 6.07) is 6.13. The van der Waals surface area contributed by atoms with Crippen molar-refractivity contribution < 1.29 is 9.84 Å². The fraction of sp³-hybridized carbons (Fsp3) is 0.526. The van der Waals surface area contributed by atoms with Crippen LogP contribution in [-0.2, 0) is 20.2 Å². The van der Waals surface area contributed by atoms with Crippen LogP contribution in [0.1, 0.15) is 41.9 Å². The molecule has 1 saturated heterocycles. The summed E-state index contributed by atoms with van der Waals surface area (Å²) in [6.07, 6.45) is 3.24. The van der Waals surface area contributed by atoms with Crippen molar-refractivity contribution in [2.24, 2.45) is 7.05 Å². The number of aryl methyl sites for hydroxylation is 2. The van der Waals surface area contributed by atoms with Crippen LogP contribution >= 0.6 is 0 Å². The van der Waals surface area contributed by atoms with E-state index in [1.54, 1.807) is 0 Å². The van der Waals surface area contributed by atoms with Crippen LogP contribution in [0.2, 0.25) is 0 Å². The van der Waals surface area contributed by atoms with E-state index in [9.17, 15) is 5.11 Å². The molecule has 1 fully saturated rings. The first-order valence-corrected chi connectivity index (χ1v) is 8.68. The van der Waals surface area contributed by atoms with Gasteiger partial charge in [-0.15, -0.1) is 0 Å². The largest absolute Gasteiger partial charge is 0.494 e. The van der Waals surface area contributed by atoms with Gasteiger partial charge >= 0.3 is 0 Å². The van der Waals surface area contributed by atoms with E-state index in [4.69, 9.17) is 4.74 Å². The molecule has 24 heavy (non-hydrogen) atoms. The van der Waals surface area contributed by atoms with Crippen molar-refractivity contribution >= 4 is 0 Å². The summed E-state index contributed by atoms with van der Waals surface area (Å²) in [5, 5.41) is 9.55. The highest BCUT2D eigenvalue weighted by Crippen LogP contribution is 2.28. The minimum absolute atomic E-state index is 0.0122. The minimum atomic E-state index is 0.0122. The Hall–Kier alpha value is -1.85. The summed E-state index contributed by atoms with van der Waals surface area (Å²) in [5.41, 5.74) is 3.18. The Bertz CT molecular complexity index is 696. The van der Waals surface area contributed by atoms with Gasteiger partial charge in [0.15, 0.2) is 0 Å². The second-order valence-electron chi connectivity index (χ2n) is 6.61. The maximum Gasteiger partial charge on any atom is 0.124 e. The van der Waals surface area contributed by atoms with Crippen molar-refractivity contribution in [3.8, 4) is 5.75 Å². The maximum atomic E-state index is 9.55. The van der Waals surface area contributed by atoms with Gasteiger partial charge in [-0.05, 0) is 44.5 Å². The number of aliphatic hydroxyl groups excluding tert-OH is 1. The molecule has 0 amide bonds. The third-order valence-corrected chi connectivity index (χ3v) is 4.67. The Balaban J connectivity index is 1.66.